The van der Waals surface area contributed by atoms with Crippen LogP contribution in [0.2, 0.25) is 0 Å². The summed E-state index contributed by atoms with van der Waals surface area (Å²) in [4.78, 5) is 27.3. The molecule has 2 heterocycles. The Bertz CT molecular complexity index is 355. The summed E-state index contributed by atoms with van der Waals surface area (Å²) in [5, 5.41) is 9.43. The summed E-state index contributed by atoms with van der Waals surface area (Å²) in [7, 11) is 0. The van der Waals surface area contributed by atoms with Crippen LogP contribution in [0.25, 0.3) is 0 Å². The van der Waals surface area contributed by atoms with Crippen molar-refractivity contribution in [2.45, 2.75) is 26.2 Å². The average Bonchev–Trinajstić information content (AvgIpc) is 2.85. The van der Waals surface area contributed by atoms with Crippen LogP contribution in [0.5, 0.6) is 0 Å². The molecule has 0 aromatic heterocycles. The van der Waals surface area contributed by atoms with Crippen LogP contribution in [0.1, 0.15) is 26.2 Å². The molecule has 6 nitrogen and oxygen atoms in total. The van der Waals surface area contributed by atoms with Crippen molar-refractivity contribution in [2.75, 3.05) is 39.4 Å². The summed E-state index contributed by atoms with van der Waals surface area (Å²) in [5.74, 6) is -0.772. The summed E-state index contributed by atoms with van der Waals surface area (Å²) in [6.07, 6.45) is 2.02. The summed E-state index contributed by atoms with van der Waals surface area (Å²) < 4.78 is 5.22. The van der Waals surface area contributed by atoms with E-state index in [4.69, 9.17) is 4.74 Å². The number of rotatable bonds is 3. The molecule has 0 aromatic rings. The molecule has 6 heteroatoms. The Morgan fingerprint density at radius 3 is 2.47 bits per heavy atom. The largest absolute Gasteiger partial charge is 0.481 e. The molecule has 0 aromatic carbocycles. The maximum absolute atomic E-state index is 12.3. The van der Waals surface area contributed by atoms with Gasteiger partial charge in [0.25, 0.3) is 0 Å². The van der Waals surface area contributed by atoms with Gasteiger partial charge in [-0.3, -0.25) is 4.79 Å². The molecule has 1 N–H and O–H groups in total. The van der Waals surface area contributed by atoms with Crippen LogP contribution in [-0.4, -0.2) is 66.3 Å². The number of carboxylic acid groups (broad SMARTS) is 1. The minimum atomic E-state index is -0.772. The number of hydrogen-bond donors (Lipinski definition) is 1. The van der Waals surface area contributed by atoms with Crippen LogP contribution in [0.3, 0.4) is 0 Å². The van der Waals surface area contributed by atoms with Gasteiger partial charge in [0.05, 0.1) is 18.6 Å². The first-order valence-electron chi connectivity index (χ1n) is 6.94. The zero-order valence-electron chi connectivity index (χ0n) is 11.4. The number of carboxylic acids is 1. The number of amides is 2. The maximum atomic E-state index is 12.3. The van der Waals surface area contributed by atoms with E-state index in [9.17, 15) is 14.7 Å². The number of nitrogens with zero attached hydrogens (tertiary/aromatic N) is 2. The van der Waals surface area contributed by atoms with Crippen molar-refractivity contribution in [3.05, 3.63) is 0 Å². The first-order chi connectivity index (χ1) is 9.09. The van der Waals surface area contributed by atoms with Gasteiger partial charge in [-0.25, -0.2) is 4.79 Å². The number of likely N-dealkylation sites (tertiary alicyclic amines) is 1. The number of aliphatic carboxylic acids is 1. The Kier molecular flexibility index (Phi) is 4.29. The number of morpholine rings is 1. The number of carbonyl (C=O) groups excluding carboxylic acids is 1. The number of carbonyl (C=O) groups is 2. The third kappa shape index (κ3) is 2.83. The van der Waals surface area contributed by atoms with E-state index in [0.717, 1.165) is 6.42 Å². The van der Waals surface area contributed by atoms with Crippen molar-refractivity contribution < 1.29 is 19.4 Å². The van der Waals surface area contributed by atoms with E-state index in [2.05, 4.69) is 0 Å². The molecule has 0 saturated carbocycles. The van der Waals surface area contributed by atoms with Crippen molar-refractivity contribution >= 4 is 12.0 Å². The van der Waals surface area contributed by atoms with Crippen molar-refractivity contribution in [1.29, 1.82) is 0 Å². The third-order valence-electron chi connectivity index (χ3n) is 4.09. The van der Waals surface area contributed by atoms with E-state index in [1.54, 1.807) is 9.80 Å². The van der Waals surface area contributed by atoms with Crippen LogP contribution >= 0.6 is 0 Å². The fourth-order valence-electron chi connectivity index (χ4n) is 2.95. The second-order valence-electron chi connectivity index (χ2n) is 5.39. The highest BCUT2D eigenvalue weighted by atomic mass is 16.5. The molecule has 108 valence electrons. The number of hydrogen-bond acceptors (Lipinski definition) is 3. The van der Waals surface area contributed by atoms with Gasteiger partial charge in [0.15, 0.2) is 0 Å². The fraction of sp³-hybridized carbons (Fsp3) is 0.846. The lowest BCUT2D eigenvalue weighted by Gasteiger charge is -2.32. The van der Waals surface area contributed by atoms with Gasteiger partial charge in [0, 0.05) is 26.2 Å². The van der Waals surface area contributed by atoms with Gasteiger partial charge < -0.3 is 19.6 Å². The third-order valence-corrected chi connectivity index (χ3v) is 4.09. The zero-order chi connectivity index (χ0) is 13.9. The smallest absolute Gasteiger partial charge is 0.320 e. The maximum Gasteiger partial charge on any atom is 0.320 e. The standard InChI is InChI=1S/C13H22N2O4/c1-2-3-13(11(16)17)4-5-15(10-13)12(18)14-6-8-19-9-7-14/h2-10H2,1H3,(H,16,17). The molecule has 0 aliphatic carbocycles. The Hall–Kier alpha value is -1.30. The van der Waals surface area contributed by atoms with Gasteiger partial charge in [0.2, 0.25) is 0 Å². The molecule has 0 radical (unpaired) electrons. The van der Waals surface area contributed by atoms with Crippen molar-refractivity contribution in [2.24, 2.45) is 5.41 Å². The normalized spacial score (nSPS) is 27.6. The minimum Gasteiger partial charge on any atom is -0.481 e. The van der Waals surface area contributed by atoms with E-state index >= 15 is 0 Å². The zero-order valence-corrected chi connectivity index (χ0v) is 11.4. The van der Waals surface area contributed by atoms with Crippen molar-refractivity contribution in [3.63, 3.8) is 0 Å². The molecular weight excluding hydrogens is 248 g/mol. The van der Waals surface area contributed by atoms with E-state index in [0.29, 0.717) is 52.2 Å². The summed E-state index contributed by atoms with van der Waals surface area (Å²) in [6, 6.07) is -0.0393. The van der Waals surface area contributed by atoms with Crippen LogP contribution in [-0.2, 0) is 9.53 Å². The van der Waals surface area contributed by atoms with Gasteiger partial charge in [-0.15, -0.1) is 0 Å². The summed E-state index contributed by atoms with van der Waals surface area (Å²) in [5.41, 5.74) is -0.739. The quantitative estimate of drug-likeness (QED) is 0.831. The summed E-state index contributed by atoms with van der Waals surface area (Å²) >= 11 is 0. The lowest BCUT2D eigenvalue weighted by molar-refractivity contribution is -0.148. The van der Waals surface area contributed by atoms with Crippen LogP contribution in [0.15, 0.2) is 0 Å². The highest BCUT2D eigenvalue weighted by Crippen LogP contribution is 2.36. The SMILES string of the molecule is CCCC1(C(=O)O)CCN(C(=O)N2CCOCC2)C1. The van der Waals surface area contributed by atoms with E-state index < -0.39 is 11.4 Å². The highest BCUT2D eigenvalue weighted by molar-refractivity contribution is 5.79. The van der Waals surface area contributed by atoms with Crippen molar-refractivity contribution in [3.8, 4) is 0 Å². The second-order valence-corrected chi connectivity index (χ2v) is 5.39. The van der Waals surface area contributed by atoms with E-state index in [1.165, 1.54) is 0 Å². The minimum absolute atomic E-state index is 0.0393. The van der Waals surface area contributed by atoms with Crippen LogP contribution < -0.4 is 0 Å². The molecule has 1 unspecified atom stereocenters. The monoisotopic (exact) mass is 270 g/mol. The molecule has 2 aliphatic heterocycles. The van der Waals surface area contributed by atoms with Gasteiger partial charge in [0.1, 0.15) is 0 Å². The fourth-order valence-corrected chi connectivity index (χ4v) is 2.95. The molecule has 2 rings (SSSR count). The molecule has 2 saturated heterocycles. The van der Waals surface area contributed by atoms with Gasteiger partial charge in [-0.05, 0) is 12.8 Å². The first kappa shape index (κ1) is 14.1. The van der Waals surface area contributed by atoms with E-state index in [-0.39, 0.29) is 6.03 Å². The Balaban J connectivity index is 1.99. The molecule has 2 amide bonds. The van der Waals surface area contributed by atoms with Crippen molar-refractivity contribution in [1.82, 2.24) is 9.80 Å². The lowest BCUT2D eigenvalue weighted by Crippen LogP contribution is -2.48. The molecule has 19 heavy (non-hydrogen) atoms. The van der Waals surface area contributed by atoms with Gasteiger partial charge >= 0.3 is 12.0 Å². The predicted molar refractivity (Wildman–Crippen MR) is 69.0 cm³/mol. The Morgan fingerprint density at radius 2 is 1.89 bits per heavy atom. The number of urea groups is 1. The molecule has 0 bridgehead atoms. The average molecular weight is 270 g/mol. The van der Waals surface area contributed by atoms with Crippen LogP contribution in [0.4, 0.5) is 4.79 Å². The van der Waals surface area contributed by atoms with Gasteiger partial charge in [-0.2, -0.15) is 0 Å². The summed E-state index contributed by atoms with van der Waals surface area (Å²) in [6.45, 7) is 5.20. The molecule has 2 fully saturated rings. The van der Waals surface area contributed by atoms with Crippen LogP contribution in [0, 0.1) is 5.41 Å². The topological polar surface area (TPSA) is 70.1 Å². The van der Waals surface area contributed by atoms with Gasteiger partial charge in [-0.1, -0.05) is 13.3 Å². The molecule has 1 atom stereocenters. The first-order valence-corrected chi connectivity index (χ1v) is 6.94. The Labute approximate surface area is 113 Å². The molecule has 0 spiro atoms. The lowest BCUT2D eigenvalue weighted by atomic mass is 9.83. The second kappa shape index (κ2) is 5.77. The van der Waals surface area contributed by atoms with E-state index in [1.807, 2.05) is 6.92 Å². The molecular formula is C13H22N2O4. The predicted octanol–water partition coefficient (Wildman–Crippen LogP) is 1.02. The molecule has 2 aliphatic rings. The highest BCUT2D eigenvalue weighted by Gasteiger charge is 2.46. The Morgan fingerprint density at radius 1 is 1.21 bits per heavy atom. The number of ether oxygens (including phenoxy) is 1.